The Kier molecular flexibility index (Phi) is 2.97. The molecule has 0 bridgehead atoms. The van der Waals surface area contributed by atoms with Crippen LogP contribution in [-0.4, -0.2) is 44.0 Å². The van der Waals surface area contributed by atoms with Crippen LogP contribution in [0.25, 0.3) is 0 Å². The Balaban J connectivity index is 1.65. The lowest BCUT2D eigenvalue weighted by Crippen LogP contribution is -2.37. The monoisotopic (exact) mass is 259 g/mol. The highest BCUT2D eigenvalue weighted by Crippen LogP contribution is 2.42. The second kappa shape index (κ2) is 4.65. The van der Waals surface area contributed by atoms with Crippen LogP contribution in [0.1, 0.15) is 37.9 Å². The van der Waals surface area contributed by atoms with Gasteiger partial charge in [-0.1, -0.05) is 12.1 Å². The number of carbonyl (C=O) groups is 1. The molecule has 0 aliphatic heterocycles. The van der Waals surface area contributed by atoms with Crippen molar-refractivity contribution in [1.82, 2.24) is 25.5 Å². The summed E-state index contributed by atoms with van der Waals surface area (Å²) in [6, 6.07) is 0.390. The lowest BCUT2D eigenvalue weighted by Gasteiger charge is -2.24. The van der Waals surface area contributed by atoms with Gasteiger partial charge in [-0.25, -0.2) is 0 Å². The molecule has 6 heteroatoms. The van der Waals surface area contributed by atoms with Gasteiger partial charge in [0.15, 0.2) is 5.82 Å². The first-order valence-corrected chi connectivity index (χ1v) is 6.70. The number of tetrazole rings is 1. The molecule has 1 unspecified atom stereocenters. The van der Waals surface area contributed by atoms with Gasteiger partial charge in [-0.05, 0) is 19.3 Å². The number of amides is 1. The summed E-state index contributed by atoms with van der Waals surface area (Å²) < 4.78 is 0. The van der Waals surface area contributed by atoms with E-state index < -0.39 is 0 Å². The van der Waals surface area contributed by atoms with E-state index in [1.807, 2.05) is 11.8 Å². The zero-order chi connectivity index (χ0) is 13.4. The maximum absolute atomic E-state index is 12.4. The maximum atomic E-state index is 12.4. The molecule has 2 aliphatic rings. The van der Waals surface area contributed by atoms with E-state index in [1.165, 1.54) is 0 Å². The highest BCUT2D eigenvalue weighted by molar-refractivity contribution is 5.83. The first kappa shape index (κ1) is 12.2. The van der Waals surface area contributed by atoms with E-state index in [9.17, 15) is 4.79 Å². The minimum Gasteiger partial charge on any atom is -0.339 e. The van der Waals surface area contributed by atoms with Gasteiger partial charge < -0.3 is 4.90 Å². The Morgan fingerprint density at radius 1 is 1.63 bits per heavy atom. The standard InChI is InChI=1S/C13H17N5O/c1-3-9-6-11(9)13(19)18(10-4-5-10)7-8(2)12-14-16-17-15-12/h1,8-11H,4-7H2,2H3,(H,14,15,16,17)/t8?,9-,11+/m0/s1. The summed E-state index contributed by atoms with van der Waals surface area (Å²) in [5.74, 6) is 3.82. The summed E-state index contributed by atoms with van der Waals surface area (Å²) >= 11 is 0. The molecule has 1 heterocycles. The topological polar surface area (TPSA) is 74.8 Å². The molecule has 3 atom stereocenters. The van der Waals surface area contributed by atoms with Crippen molar-refractivity contribution in [2.75, 3.05) is 6.54 Å². The van der Waals surface area contributed by atoms with Crippen LogP contribution in [0.2, 0.25) is 0 Å². The molecule has 6 nitrogen and oxygen atoms in total. The van der Waals surface area contributed by atoms with Crippen LogP contribution in [0.15, 0.2) is 0 Å². The van der Waals surface area contributed by atoms with Gasteiger partial charge in [-0.3, -0.25) is 4.79 Å². The number of nitrogens with one attached hydrogen (secondary N) is 1. The quantitative estimate of drug-likeness (QED) is 0.784. The van der Waals surface area contributed by atoms with Crippen LogP contribution in [0.5, 0.6) is 0 Å². The van der Waals surface area contributed by atoms with E-state index >= 15 is 0 Å². The molecule has 100 valence electrons. The molecule has 1 aromatic rings. The lowest BCUT2D eigenvalue weighted by atomic mass is 10.1. The predicted octanol–water partition coefficient (Wildman–Crippen LogP) is 0.563. The third-order valence-electron chi connectivity index (χ3n) is 3.87. The number of nitrogens with zero attached hydrogens (tertiary/aromatic N) is 4. The van der Waals surface area contributed by atoms with Gasteiger partial charge in [0.2, 0.25) is 5.91 Å². The van der Waals surface area contributed by atoms with Crippen molar-refractivity contribution >= 4 is 5.91 Å². The number of aromatic nitrogens is 4. The van der Waals surface area contributed by atoms with Gasteiger partial charge in [-0.2, -0.15) is 5.21 Å². The molecule has 1 aromatic heterocycles. The summed E-state index contributed by atoms with van der Waals surface area (Å²) in [5, 5.41) is 14.0. The van der Waals surface area contributed by atoms with Gasteiger partial charge in [0.05, 0.1) is 5.92 Å². The van der Waals surface area contributed by atoms with Gasteiger partial charge >= 0.3 is 0 Å². The predicted molar refractivity (Wildman–Crippen MR) is 67.8 cm³/mol. The molecular formula is C13H17N5O. The molecule has 2 saturated carbocycles. The minimum atomic E-state index is 0.0445. The van der Waals surface area contributed by atoms with Crippen molar-refractivity contribution < 1.29 is 4.79 Å². The fourth-order valence-electron chi connectivity index (χ4n) is 2.43. The Hall–Kier alpha value is -1.90. The second-order valence-corrected chi connectivity index (χ2v) is 5.51. The summed E-state index contributed by atoms with van der Waals surface area (Å²) in [6.45, 7) is 2.66. The van der Waals surface area contributed by atoms with E-state index in [0.717, 1.165) is 19.3 Å². The van der Waals surface area contributed by atoms with Crippen LogP contribution in [-0.2, 0) is 4.79 Å². The first-order chi connectivity index (χ1) is 9.20. The Morgan fingerprint density at radius 3 is 2.95 bits per heavy atom. The first-order valence-electron chi connectivity index (χ1n) is 6.70. The van der Waals surface area contributed by atoms with E-state index in [-0.39, 0.29) is 23.7 Å². The highest BCUT2D eigenvalue weighted by Gasteiger charge is 2.47. The molecule has 2 aliphatic carbocycles. The molecule has 0 saturated heterocycles. The van der Waals surface area contributed by atoms with Crippen molar-refractivity contribution in [2.24, 2.45) is 11.8 Å². The van der Waals surface area contributed by atoms with Crippen LogP contribution < -0.4 is 0 Å². The zero-order valence-corrected chi connectivity index (χ0v) is 10.9. The van der Waals surface area contributed by atoms with Crippen LogP contribution in [0.4, 0.5) is 0 Å². The van der Waals surface area contributed by atoms with Crippen molar-refractivity contribution in [3.8, 4) is 12.3 Å². The SMILES string of the molecule is C#C[C@H]1C[C@H]1C(=O)N(CC(C)c1nn[nH]n1)C1CC1. The zero-order valence-electron chi connectivity index (χ0n) is 10.9. The largest absolute Gasteiger partial charge is 0.339 e. The Bertz CT molecular complexity index is 502. The number of aromatic amines is 1. The number of hydrogen-bond acceptors (Lipinski definition) is 4. The molecular weight excluding hydrogens is 242 g/mol. The van der Waals surface area contributed by atoms with E-state index in [4.69, 9.17) is 6.42 Å². The number of terminal acetylenes is 1. The fourth-order valence-corrected chi connectivity index (χ4v) is 2.43. The average molecular weight is 259 g/mol. The second-order valence-electron chi connectivity index (χ2n) is 5.51. The van der Waals surface area contributed by atoms with Gasteiger partial charge in [-0.15, -0.1) is 22.5 Å². The molecule has 0 aromatic carbocycles. The molecule has 0 spiro atoms. The normalized spacial score (nSPS) is 26.5. The van der Waals surface area contributed by atoms with Crippen LogP contribution >= 0.6 is 0 Å². The third kappa shape index (κ3) is 2.46. The number of H-pyrrole nitrogens is 1. The van der Waals surface area contributed by atoms with Crippen molar-refractivity contribution in [1.29, 1.82) is 0 Å². The average Bonchev–Trinajstić information content (AvgIpc) is 3.33. The Labute approximate surface area is 111 Å². The fraction of sp³-hybridized carbons (Fsp3) is 0.692. The number of hydrogen-bond donors (Lipinski definition) is 1. The molecule has 0 radical (unpaired) electrons. The summed E-state index contributed by atoms with van der Waals surface area (Å²) in [6.07, 6.45) is 8.41. The number of rotatable bonds is 5. The van der Waals surface area contributed by atoms with Crippen molar-refractivity contribution in [3.05, 3.63) is 5.82 Å². The molecule has 2 fully saturated rings. The minimum absolute atomic E-state index is 0.0445. The lowest BCUT2D eigenvalue weighted by molar-refractivity contribution is -0.133. The molecule has 3 rings (SSSR count). The highest BCUT2D eigenvalue weighted by atomic mass is 16.2. The molecule has 19 heavy (non-hydrogen) atoms. The van der Waals surface area contributed by atoms with Gasteiger partial charge in [0, 0.05) is 24.4 Å². The molecule has 1 N–H and O–H groups in total. The van der Waals surface area contributed by atoms with Crippen LogP contribution in [0.3, 0.4) is 0 Å². The van der Waals surface area contributed by atoms with E-state index in [2.05, 4.69) is 26.5 Å². The van der Waals surface area contributed by atoms with Crippen molar-refractivity contribution in [3.63, 3.8) is 0 Å². The van der Waals surface area contributed by atoms with E-state index in [1.54, 1.807) is 0 Å². The Morgan fingerprint density at radius 2 is 2.42 bits per heavy atom. The van der Waals surface area contributed by atoms with Gasteiger partial charge in [0.25, 0.3) is 0 Å². The maximum Gasteiger partial charge on any atom is 0.227 e. The summed E-state index contributed by atoms with van der Waals surface area (Å²) in [5.41, 5.74) is 0. The summed E-state index contributed by atoms with van der Waals surface area (Å²) in [7, 11) is 0. The smallest absolute Gasteiger partial charge is 0.227 e. The van der Waals surface area contributed by atoms with Crippen molar-refractivity contribution in [2.45, 2.75) is 38.1 Å². The van der Waals surface area contributed by atoms with E-state index in [0.29, 0.717) is 18.4 Å². The molecule has 1 amide bonds. The third-order valence-corrected chi connectivity index (χ3v) is 3.87. The van der Waals surface area contributed by atoms with Crippen LogP contribution in [0, 0.1) is 24.2 Å². The number of carbonyl (C=O) groups excluding carboxylic acids is 1. The summed E-state index contributed by atoms with van der Waals surface area (Å²) in [4.78, 5) is 14.4. The van der Waals surface area contributed by atoms with Gasteiger partial charge in [0.1, 0.15) is 0 Å².